The SMILES string of the molecule is CCc1cccc(OCC(=O)N2CCC(O)C2)c1. The number of hydrogen-bond acceptors (Lipinski definition) is 3. The van der Waals surface area contributed by atoms with Gasteiger partial charge in [0.2, 0.25) is 0 Å². The zero-order chi connectivity index (χ0) is 13.0. The molecule has 1 aliphatic rings. The van der Waals surface area contributed by atoms with Gasteiger partial charge in [0.05, 0.1) is 6.10 Å². The molecule has 0 aromatic heterocycles. The van der Waals surface area contributed by atoms with Crippen molar-refractivity contribution in [1.82, 2.24) is 4.90 Å². The number of carbonyl (C=O) groups excluding carboxylic acids is 1. The molecule has 1 aromatic rings. The van der Waals surface area contributed by atoms with E-state index in [4.69, 9.17) is 4.74 Å². The summed E-state index contributed by atoms with van der Waals surface area (Å²) in [4.78, 5) is 13.5. The van der Waals surface area contributed by atoms with E-state index in [1.165, 1.54) is 5.56 Å². The highest BCUT2D eigenvalue weighted by atomic mass is 16.5. The minimum atomic E-state index is -0.377. The summed E-state index contributed by atoms with van der Waals surface area (Å²) in [6.45, 7) is 3.17. The quantitative estimate of drug-likeness (QED) is 0.873. The van der Waals surface area contributed by atoms with Crippen LogP contribution in [0.2, 0.25) is 0 Å². The Morgan fingerprint density at radius 3 is 3.06 bits per heavy atom. The van der Waals surface area contributed by atoms with Gasteiger partial charge in [0.25, 0.3) is 5.91 Å². The van der Waals surface area contributed by atoms with Crippen LogP contribution in [0.25, 0.3) is 0 Å². The minimum Gasteiger partial charge on any atom is -0.484 e. The van der Waals surface area contributed by atoms with Gasteiger partial charge >= 0.3 is 0 Å². The number of benzene rings is 1. The van der Waals surface area contributed by atoms with Crippen LogP contribution in [0, 0.1) is 0 Å². The minimum absolute atomic E-state index is 0.0416. The molecule has 1 heterocycles. The van der Waals surface area contributed by atoms with Crippen LogP contribution in [0.4, 0.5) is 0 Å². The van der Waals surface area contributed by atoms with Crippen molar-refractivity contribution in [1.29, 1.82) is 0 Å². The number of rotatable bonds is 4. The maximum absolute atomic E-state index is 11.8. The Morgan fingerprint density at radius 1 is 1.56 bits per heavy atom. The molecule has 18 heavy (non-hydrogen) atoms. The summed E-state index contributed by atoms with van der Waals surface area (Å²) in [5, 5.41) is 9.37. The highest BCUT2D eigenvalue weighted by molar-refractivity contribution is 5.78. The van der Waals surface area contributed by atoms with Crippen molar-refractivity contribution in [2.24, 2.45) is 0 Å². The number of amides is 1. The van der Waals surface area contributed by atoms with Crippen molar-refractivity contribution in [2.45, 2.75) is 25.9 Å². The molecule has 4 heteroatoms. The molecule has 0 saturated carbocycles. The van der Waals surface area contributed by atoms with E-state index < -0.39 is 0 Å². The van der Waals surface area contributed by atoms with Gasteiger partial charge in [-0.2, -0.15) is 0 Å². The first-order valence-electron chi connectivity index (χ1n) is 6.36. The molecule has 98 valence electrons. The molecule has 2 rings (SSSR count). The Kier molecular flexibility index (Phi) is 4.20. The van der Waals surface area contributed by atoms with Crippen LogP contribution in [0.1, 0.15) is 18.9 Å². The summed E-state index contributed by atoms with van der Waals surface area (Å²) in [6.07, 6.45) is 1.23. The number of nitrogens with zero attached hydrogens (tertiary/aromatic N) is 1. The number of ether oxygens (including phenoxy) is 1. The smallest absolute Gasteiger partial charge is 0.260 e. The summed E-state index contributed by atoms with van der Waals surface area (Å²) >= 11 is 0. The van der Waals surface area contributed by atoms with Crippen LogP contribution in [0.3, 0.4) is 0 Å². The highest BCUT2D eigenvalue weighted by Crippen LogP contribution is 2.14. The molecule has 1 aliphatic heterocycles. The van der Waals surface area contributed by atoms with E-state index in [-0.39, 0.29) is 18.6 Å². The van der Waals surface area contributed by atoms with E-state index in [1.54, 1.807) is 4.90 Å². The van der Waals surface area contributed by atoms with E-state index >= 15 is 0 Å². The van der Waals surface area contributed by atoms with Crippen molar-refractivity contribution in [3.63, 3.8) is 0 Å². The van der Waals surface area contributed by atoms with Crippen molar-refractivity contribution in [2.75, 3.05) is 19.7 Å². The van der Waals surface area contributed by atoms with Gasteiger partial charge in [-0.15, -0.1) is 0 Å². The average molecular weight is 249 g/mol. The molecule has 1 amide bonds. The fraction of sp³-hybridized carbons (Fsp3) is 0.500. The fourth-order valence-electron chi connectivity index (χ4n) is 2.06. The topological polar surface area (TPSA) is 49.8 Å². The molecule has 0 radical (unpaired) electrons. The lowest BCUT2D eigenvalue weighted by Crippen LogP contribution is -2.33. The lowest BCUT2D eigenvalue weighted by molar-refractivity contribution is -0.132. The number of likely N-dealkylation sites (tertiary alicyclic amines) is 1. The molecule has 0 spiro atoms. The van der Waals surface area contributed by atoms with E-state index in [0.717, 1.165) is 12.2 Å². The van der Waals surface area contributed by atoms with Gasteiger partial charge in [0, 0.05) is 13.1 Å². The van der Waals surface area contributed by atoms with Crippen LogP contribution in [0.15, 0.2) is 24.3 Å². The number of hydrogen-bond donors (Lipinski definition) is 1. The van der Waals surface area contributed by atoms with E-state index in [2.05, 4.69) is 6.92 Å². The zero-order valence-corrected chi connectivity index (χ0v) is 10.6. The Morgan fingerprint density at radius 2 is 2.39 bits per heavy atom. The number of aryl methyl sites for hydroxylation is 1. The number of aliphatic hydroxyl groups is 1. The maximum atomic E-state index is 11.8. The van der Waals surface area contributed by atoms with Gasteiger partial charge in [-0.25, -0.2) is 0 Å². The third-order valence-electron chi connectivity index (χ3n) is 3.19. The Labute approximate surface area is 107 Å². The Balaban J connectivity index is 1.85. The van der Waals surface area contributed by atoms with E-state index in [1.807, 2.05) is 24.3 Å². The first-order valence-corrected chi connectivity index (χ1v) is 6.36. The molecule has 1 saturated heterocycles. The lowest BCUT2D eigenvalue weighted by Gasteiger charge is -2.16. The van der Waals surface area contributed by atoms with Crippen LogP contribution < -0.4 is 4.74 Å². The van der Waals surface area contributed by atoms with Crippen LogP contribution in [-0.2, 0) is 11.2 Å². The van der Waals surface area contributed by atoms with Gasteiger partial charge in [-0.05, 0) is 30.5 Å². The van der Waals surface area contributed by atoms with Crippen LogP contribution in [0.5, 0.6) is 5.75 Å². The highest BCUT2D eigenvalue weighted by Gasteiger charge is 2.24. The van der Waals surface area contributed by atoms with Gasteiger partial charge in [0.1, 0.15) is 5.75 Å². The second-order valence-electron chi connectivity index (χ2n) is 4.57. The molecule has 1 atom stereocenters. The maximum Gasteiger partial charge on any atom is 0.260 e. The number of carbonyl (C=O) groups is 1. The number of β-amino-alcohol motifs (C(OH)–C–C–N with tert-alkyl or cyclic N) is 1. The summed E-state index contributed by atoms with van der Waals surface area (Å²) in [6, 6.07) is 7.77. The van der Waals surface area contributed by atoms with E-state index in [0.29, 0.717) is 19.5 Å². The summed E-state index contributed by atoms with van der Waals surface area (Å²) < 4.78 is 5.49. The lowest BCUT2D eigenvalue weighted by atomic mass is 10.2. The predicted octanol–water partition coefficient (Wildman–Crippen LogP) is 1.22. The normalized spacial score (nSPS) is 19.0. The predicted molar refractivity (Wildman–Crippen MR) is 68.5 cm³/mol. The molecule has 1 N–H and O–H groups in total. The first-order chi connectivity index (χ1) is 8.69. The monoisotopic (exact) mass is 249 g/mol. The van der Waals surface area contributed by atoms with Crippen molar-refractivity contribution in [3.05, 3.63) is 29.8 Å². The summed E-state index contributed by atoms with van der Waals surface area (Å²) in [5.41, 5.74) is 1.19. The molecular weight excluding hydrogens is 230 g/mol. The standard InChI is InChI=1S/C14H19NO3/c1-2-11-4-3-5-13(8-11)18-10-14(17)15-7-6-12(16)9-15/h3-5,8,12,16H,2,6-7,9-10H2,1H3. The molecular formula is C14H19NO3. The van der Waals surface area contributed by atoms with Crippen LogP contribution >= 0.6 is 0 Å². The van der Waals surface area contributed by atoms with Gasteiger partial charge in [-0.3, -0.25) is 4.79 Å². The van der Waals surface area contributed by atoms with Crippen molar-refractivity contribution >= 4 is 5.91 Å². The summed E-state index contributed by atoms with van der Waals surface area (Å²) in [7, 11) is 0. The molecule has 0 aliphatic carbocycles. The molecule has 0 bridgehead atoms. The van der Waals surface area contributed by atoms with Crippen molar-refractivity contribution < 1.29 is 14.6 Å². The van der Waals surface area contributed by atoms with Gasteiger partial charge in [0.15, 0.2) is 6.61 Å². The molecule has 1 fully saturated rings. The van der Waals surface area contributed by atoms with Gasteiger partial charge in [-0.1, -0.05) is 19.1 Å². The summed E-state index contributed by atoms with van der Waals surface area (Å²) in [5.74, 6) is 0.663. The first kappa shape index (κ1) is 12.9. The van der Waals surface area contributed by atoms with E-state index in [9.17, 15) is 9.90 Å². The third-order valence-corrected chi connectivity index (χ3v) is 3.19. The number of aliphatic hydroxyl groups excluding tert-OH is 1. The molecule has 1 aromatic carbocycles. The second kappa shape index (κ2) is 5.87. The van der Waals surface area contributed by atoms with Gasteiger partial charge < -0.3 is 14.7 Å². The third kappa shape index (κ3) is 3.23. The largest absolute Gasteiger partial charge is 0.484 e. The Hall–Kier alpha value is -1.55. The molecule has 4 nitrogen and oxygen atoms in total. The molecule has 1 unspecified atom stereocenters. The van der Waals surface area contributed by atoms with Crippen LogP contribution in [-0.4, -0.2) is 41.7 Å². The second-order valence-corrected chi connectivity index (χ2v) is 4.57. The van der Waals surface area contributed by atoms with Crippen molar-refractivity contribution in [3.8, 4) is 5.75 Å². The fourth-order valence-corrected chi connectivity index (χ4v) is 2.06. The Bertz CT molecular complexity index is 419. The average Bonchev–Trinajstić information content (AvgIpc) is 2.83. The zero-order valence-electron chi connectivity index (χ0n) is 10.6.